The Morgan fingerprint density at radius 2 is 1.68 bits per heavy atom. The third-order valence-corrected chi connectivity index (χ3v) is 7.65. The maximum atomic E-state index is 13.7. The number of nitrogens with one attached hydrogen (secondary N) is 6. The quantitative estimate of drug-likeness (QED) is 0.191. The number of carbonyl (C=O) groups is 5. The van der Waals surface area contributed by atoms with Crippen LogP contribution < -0.4 is 31.3 Å². The van der Waals surface area contributed by atoms with Gasteiger partial charge in [0.25, 0.3) is 5.91 Å². The van der Waals surface area contributed by atoms with Crippen molar-refractivity contribution in [3.8, 4) is 5.75 Å². The number of fused-ring (bicyclic) bond motifs is 1. The maximum Gasteiger partial charge on any atom is 0.255 e. The highest BCUT2D eigenvalue weighted by Crippen LogP contribution is 2.19. The molecule has 0 saturated carbocycles. The largest absolute Gasteiger partial charge is 0.493 e. The van der Waals surface area contributed by atoms with Crippen molar-refractivity contribution in [2.24, 2.45) is 0 Å². The third-order valence-electron chi connectivity index (χ3n) is 7.65. The minimum absolute atomic E-state index is 0.0439. The number of benzene rings is 2. The van der Waals surface area contributed by atoms with Crippen molar-refractivity contribution in [1.82, 2.24) is 36.6 Å². The zero-order valence-corrected chi connectivity index (χ0v) is 26.6. The van der Waals surface area contributed by atoms with Crippen LogP contribution in [0.4, 0.5) is 0 Å². The van der Waals surface area contributed by atoms with E-state index in [1.54, 1.807) is 24.3 Å². The van der Waals surface area contributed by atoms with Gasteiger partial charge in [0.05, 0.1) is 24.9 Å². The second-order valence-corrected chi connectivity index (χ2v) is 11.4. The summed E-state index contributed by atoms with van der Waals surface area (Å²) in [5, 5.41) is 13.9. The summed E-state index contributed by atoms with van der Waals surface area (Å²) in [6.07, 6.45) is 5.86. The molecule has 1 aromatic heterocycles. The average molecular weight is 646 g/mol. The van der Waals surface area contributed by atoms with Crippen LogP contribution in [-0.4, -0.2) is 77.3 Å². The standard InChI is InChI=1S/C34H43N7O6/c1-2-3-9-15-36-33(45)28-20-30(42)39-27(19-24-21-35-22-38-24)34(46)41-26(18-23-11-5-4-6-12-23)32(44)37-16-10-17-47-29-14-8-7-13-25(29)31(43)40-28/h4-8,11-14,21-22,26-28H,2-3,9-10,15-20H2,1H3,(H,35,38)(H,36,45)(H,37,44)(H,39,42)(H,40,43)(H,41,46)/t26-,27-,28-/m0/s1. The predicted molar refractivity (Wildman–Crippen MR) is 174 cm³/mol. The number of aromatic amines is 1. The Balaban J connectivity index is 1.62. The molecule has 13 heteroatoms. The highest BCUT2D eigenvalue weighted by Gasteiger charge is 2.31. The number of unbranched alkanes of at least 4 members (excludes halogenated alkanes) is 2. The second kappa shape index (κ2) is 18.1. The lowest BCUT2D eigenvalue weighted by Crippen LogP contribution is -2.56. The molecule has 1 aliphatic rings. The summed E-state index contributed by atoms with van der Waals surface area (Å²) < 4.78 is 5.88. The molecular weight excluding hydrogens is 602 g/mol. The number of hydrogen-bond donors (Lipinski definition) is 6. The van der Waals surface area contributed by atoms with Gasteiger partial charge in [-0.15, -0.1) is 0 Å². The molecule has 6 N–H and O–H groups in total. The molecule has 250 valence electrons. The van der Waals surface area contributed by atoms with Gasteiger partial charge in [-0.25, -0.2) is 4.98 Å². The zero-order chi connectivity index (χ0) is 33.4. The zero-order valence-electron chi connectivity index (χ0n) is 26.6. The van der Waals surface area contributed by atoms with E-state index in [-0.39, 0.29) is 31.6 Å². The molecule has 4 rings (SSSR count). The molecule has 1 aliphatic heterocycles. The number of aromatic nitrogens is 2. The van der Waals surface area contributed by atoms with Crippen LogP contribution >= 0.6 is 0 Å². The first-order valence-corrected chi connectivity index (χ1v) is 16.0. The smallest absolute Gasteiger partial charge is 0.255 e. The van der Waals surface area contributed by atoms with Crippen LogP contribution in [0.3, 0.4) is 0 Å². The van der Waals surface area contributed by atoms with E-state index in [4.69, 9.17) is 4.74 Å². The fraction of sp³-hybridized carbons (Fsp3) is 0.412. The highest BCUT2D eigenvalue weighted by molar-refractivity contribution is 6.01. The first kappa shape index (κ1) is 34.7. The molecule has 2 aromatic carbocycles. The second-order valence-electron chi connectivity index (χ2n) is 11.4. The molecule has 3 aromatic rings. The molecule has 0 spiro atoms. The van der Waals surface area contributed by atoms with Crippen molar-refractivity contribution in [3.05, 3.63) is 83.9 Å². The lowest BCUT2D eigenvalue weighted by Gasteiger charge is -2.24. The van der Waals surface area contributed by atoms with Crippen LogP contribution in [0.5, 0.6) is 5.75 Å². The van der Waals surface area contributed by atoms with E-state index >= 15 is 0 Å². The van der Waals surface area contributed by atoms with Crippen LogP contribution in [0.2, 0.25) is 0 Å². The minimum Gasteiger partial charge on any atom is -0.493 e. The summed E-state index contributed by atoms with van der Waals surface area (Å²) in [5.41, 5.74) is 1.61. The molecule has 2 heterocycles. The number of imidazole rings is 1. The summed E-state index contributed by atoms with van der Waals surface area (Å²) in [6.45, 7) is 2.87. The van der Waals surface area contributed by atoms with E-state index in [1.165, 1.54) is 12.5 Å². The van der Waals surface area contributed by atoms with Crippen LogP contribution in [-0.2, 0) is 32.0 Å². The molecule has 0 aliphatic carbocycles. The molecule has 13 nitrogen and oxygen atoms in total. The molecule has 0 fully saturated rings. The van der Waals surface area contributed by atoms with Gasteiger partial charge in [0, 0.05) is 37.8 Å². The van der Waals surface area contributed by atoms with Crippen LogP contribution in [0.1, 0.15) is 60.6 Å². The molecule has 0 saturated heterocycles. The summed E-state index contributed by atoms with van der Waals surface area (Å²) >= 11 is 0. The lowest BCUT2D eigenvalue weighted by molar-refractivity contribution is -0.133. The molecule has 0 bridgehead atoms. The number of hydrogen-bond acceptors (Lipinski definition) is 7. The summed E-state index contributed by atoms with van der Waals surface area (Å²) in [7, 11) is 0. The molecule has 3 atom stereocenters. The predicted octanol–water partition coefficient (Wildman–Crippen LogP) is 1.56. The Kier molecular flexibility index (Phi) is 13.3. The number of amides is 5. The first-order valence-electron chi connectivity index (χ1n) is 16.0. The third kappa shape index (κ3) is 11.0. The van der Waals surface area contributed by atoms with Gasteiger partial charge in [-0.1, -0.05) is 62.2 Å². The summed E-state index contributed by atoms with van der Waals surface area (Å²) in [6, 6.07) is 12.6. The van der Waals surface area contributed by atoms with Crippen LogP contribution in [0, 0.1) is 0 Å². The number of nitrogens with zero attached hydrogens (tertiary/aromatic N) is 1. The summed E-state index contributed by atoms with van der Waals surface area (Å²) in [4.78, 5) is 74.2. The molecule has 5 amide bonds. The number of para-hydroxylation sites is 1. The van der Waals surface area contributed by atoms with Crippen molar-refractivity contribution < 1.29 is 28.7 Å². The number of rotatable bonds is 9. The van der Waals surface area contributed by atoms with E-state index in [1.807, 2.05) is 37.3 Å². The van der Waals surface area contributed by atoms with Gasteiger partial charge in [0.1, 0.15) is 23.9 Å². The van der Waals surface area contributed by atoms with Gasteiger partial charge in [0.15, 0.2) is 0 Å². The minimum atomic E-state index is -1.23. The number of ether oxygens (including phenoxy) is 1. The molecule has 47 heavy (non-hydrogen) atoms. The van der Waals surface area contributed by atoms with Gasteiger partial charge in [0.2, 0.25) is 23.6 Å². The first-order chi connectivity index (χ1) is 22.8. The van der Waals surface area contributed by atoms with Gasteiger partial charge in [-0.05, 0) is 30.5 Å². The van der Waals surface area contributed by atoms with Crippen molar-refractivity contribution in [3.63, 3.8) is 0 Å². The SMILES string of the molecule is CCCCCNC(=O)[C@@H]1CC(=O)N[C@@H](Cc2cnc[nH]2)C(=O)N[C@@H](Cc2ccccc2)C(=O)NCCCOc2ccccc2C(=O)N1. The topological polar surface area (TPSA) is 183 Å². The van der Waals surface area contributed by atoms with Gasteiger partial charge in [-0.2, -0.15) is 0 Å². The van der Waals surface area contributed by atoms with Crippen LogP contribution in [0.15, 0.2) is 67.1 Å². The monoisotopic (exact) mass is 645 g/mol. The van der Waals surface area contributed by atoms with Crippen molar-refractivity contribution in [2.75, 3.05) is 19.7 Å². The van der Waals surface area contributed by atoms with Crippen molar-refractivity contribution in [1.29, 1.82) is 0 Å². The van der Waals surface area contributed by atoms with Gasteiger partial charge in [-0.3, -0.25) is 24.0 Å². The van der Waals surface area contributed by atoms with Gasteiger partial charge >= 0.3 is 0 Å². The van der Waals surface area contributed by atoms with Crippen LogP contribution in [0.25, 0.3) is 0 Å². The maximum absolute atomic E-state index is 13.7. The van der Waals surface area contributed by atoms with Crippen molar-refractivity contribution in [2.45, 2.75) is 70.0 Å². The number of carbonyl (C=O) groups excluding carboxylic acids is 5. The molecular formula is C34H43N7O6. The van der Waals surface area contributed by atoms with E-state index in [2.05, 4.69) is 36.6 Å². The normalized spacial score (nSPS) is 19.8. The fourth-order valence-corrected chi connectivity index (χ4v) is 5.12. The molecule has 0 radical (unpaired) electrons. The highest BCUT2D eigenvalue weighted by atomic mass is 16.5. The average Bonchev–Trinajstić information content (AvgIpc) is 3.59. The van der Waals surface area contributed by atoms with Gasteiger partial charge < -0.3 is 36.3 Å². The Hall–Kier alpha value is -5.20. The van der Waals surface area contributed by atoms with E-state index < -0.39 is 54.1 Å². The number of H-pyrrole nitrogens is 1. The lowest BCUT2D eigenvalue weighted by atomic mass is 10.0. The Bertz CT molecular complexity index is 1480. The van der Waals surface area contributed by atoms with E-state index in [0.717, 1.165) is 24.8 Å². The van der Waals surface area contributed by atoms with E-state index in [9.17, 15) is 24.0 Å². The molecule has 0 unspecified atom stereocenters. The van der Waals surface area contributed by atoms with E-state index in [0.29, 0.717) is 24.4 Å². The summed E-state index contributed by atoms with van der Waals surface area (Å²) in [5.74, 6) is -2.44. The Labute approximate surface area is 274 Å². The fourth-order valence-electron chi connectivity index (χ4n) is 5.12. The Morgan fingerprint density at radius 3 is 2.45 bits per heavy atom. The Morgan fingerprint density at radius 1 is 0.915 bits per heavy atom. The van der Waals surface area contributed by atoms with Crippen molar-refractivity contribution >= 4 is 29.5 Å².